The summed E-state index contributed by atoms with van der Waals surface area (Å²) in [6, 6.07) is 16.1. The van der Waals surface area contributed by atoms with Crippen LogP contribution in [0.25, 0.3) is 0 Å². The second-order valence-corrected chi connectivity index (χ2v) is 6.28. The Morgan fingerprint density at radius 2 is 1.80 bits per heavy atom. The molecule has 2 aromatic carbocycles. The van der Waals surface area contributed by atoms with Gasteiger partial charge in [-0.1, -0.05) is 42.5 Å². The Bertz CT molecular complexity index is 746. The third kappa shape index (κ3) is 4.53. The van der Waals surface area contributed by atoms with Gasteiger partial charge in [-0.3, -0.25) is 9.59 Å². The van der Waals surface area contributed by atoms with Gasteiger partial charge < -0.3 is 15.3 Å². The van der Waals surface area contributed by atoms with Crippen LogP contribution in [0.1, 0.15) is 28.8 Å². The first-order chi connectivity index (χ1) is 12.1. The lowest BCUT2D eigenvalue weighted by molar-refractivity contribution is -0.116. The number of aliphatic hydroxyl groups excluding tert-OH is 1. The summed E-state index contributed by atoms with van der Waals surface area (Å²) < 4.78 is 0. The zero-order valence-corrected chi connectivity index (χ0v) is 14.0. The van der Waals surface area contributed by atoms with Crippen LogP contribution in [0.4, 0.5) is 5.69 Å². The van der Waals surface area contributed by atoms with E-state index in [9.17, 15) is 14.7 Å². The van der Waals surface area contributed by atoms with Crippen molar-refractivity contribution < 1.29 is 14.7 Å². The maximum Gasteiger partial charge on any atom is 0.225 e. The Morgan fingerprint density at radius 3 is 2.52 bits per heavy atom. The van der Waals surface area contributed by atoms with Crippen LogP contribution in [0.15, 0.2) is 54.6 Å². The Labute approximate surface area is 147 Å². The van der Waals surface area contributed by atoms with Crippen LogP contribution in [-0.2, 0) is 4.79 Å². The van der Waals surface area contributed by atoms with E-state index in [-0.39, 0.29) is 17.8 Å². The lowest BCUT2D eigenvalue weighted by Crippen LogP contribution is -2.27. The molecule has 0 radical (unpaired) electrons. The highest BCUT2D eigenvalue weighted by atomic mass is 16.3. The minimum atomic E-state index is -0.285. The fourth-order valence-electron chi connectivity index (χ4n) is 3.02. The zero-order valence-electron chi connectivity index (χ0n) is 14.0. The number of nitrogens with one attached hydrogen (secondary N) is 1. The van der Waals surface area contributed by atoms with Crippen molar-refractivity contribution in [3.8, 4) is 0 Å². The van der Waals surface area contributed by atoms with Gasteiger partial charge in [0.1, 0.15) is 0 Å². The number of likely N-dealkylation sites (tertiary alicyclic amines) is 1. The van der Waals surface area contributed by atoms with Crippen molar-refractivity contribution in [2.24, 2.45) is 0 Å². The number of ketones is 1. The molecule has 0 aliphatic carbocycles. The molecule has 0 saturated carbocycles. The molecule has 5 heteroatoms. The van der Waals surface area contributed by atoms with E-state index in [4.69, 9.17) is 0 Å². The molecule has 2 N–H and O–H groups in total. The van der Waals surface area contributed by atoms with Crippen molar-refractivity contribution in [3.63, 3.8) is 0 Å². The van der Waals surface area contributed by atoms with Crippen LogP contribution in [-0.4, -0.2) is 47.4 Å². The maximum atomic E-state index is 12.7. The molecular formula is C20H22N2O3. The molecule has 1 amide bonds. The molecule has 0 aromatic heterocycles. The number of rotatable bonds is 6. The van der Waals surface area contributed by atoms with Gasteiger partial charge in [0.05, 0.1) is 11.8 Å². The molecular weight excluding hydrogens is 316 g/mol. The van der Waals surface area contributed by atoms with Crippen molar-refractivity contribution >= 4 is 17.4 Å². The van der Waals surface area contributed by atoms with Crippen molar-refractivity contribution in [2.75, 3.05) is 25.0 Å². The SMILES string of the molecule is O=C(CCN1CCC(O)C1)Nc1ccccc1C(=O)c1ccccc1. The number of aliphatic hydroxyl groups is 1. The van der Waals surface area contributed by atoms with Gasteiger partial charge in [0.25, 0.3) is 0 Å². The first-order valence-corrected chi connectivity index (χ1v) is 8.52. The summed E-state index contributed by atoms with van der Waals surface area (Å²) in [6.07, 6.45) is 0.809. The average Bonchev–Trinajstić information content (AvgIpc) is 3.06. The van der Waals surface area contributed by atoms with E-state index in [1.807, 2.05) is 18.2 Å². The minimum absolute atomic E-state index is 0.112. The van der Waals surface area contributed by atoms with Crippen LogP contribution < -0.4 is 5.32 Å². The van der Waals surface area contributed by atoms with Gasteiger partial charge in [0.2, 0.25) is 5.91 Å². The van der Waals surface area contributed by atoms with E-state index in [0.717, 1.165) is 13.0 Å². The zero-order chi connectivity index (χ0) is 17.6. The second-order valence-electron chi connectivity index (χ2n) is 6.28. The fourth-order valence-corrected chi connectivity index (χ4v) is 3.02. The molecule has 1 fully saturated rings. The molecule has 3 rings (SSSR count). The van der Waals surface area contributed by atoms with Gasteiger partial charge in [-0.2, -0.15) is 0 Å². The van der Waals surface area contributed by atoms with Gasteiger partial charge in [-0.25, -0.2) is 0 Å². The summed E-state index contributed by atoms with van der Waals surface area (Å²) in [5.74, 6) is -0.242. The molecule has 1 aliphatic rings. The smallest absolute Gasteiger partial charge is 0.225 e. The van der Waals surface area contributed by atoms with E-state index in [0.29, 0.717) is 36.3 Å². The van der Waals surface area contributed by atoms with Crippen LogP contribution in [0.2, 0.25) is 0 Å². The molecule has 1 unspecified atom stereocenters. The summed E-state index contributed by atoms with van der Waals surface area (Å²) >= 11 is 0. The number of hydrogen-bond donors (Lipinski definition) is 2. The lowest BCUT2D eigenvalue weighted by Gasteiger charge is -2.15. The van der Waals surface area contributed by atoms with Crippen LogP contribution >= 0.6 is 0 Å². The number of β-amino-alcohol motifs (C(OH)–C–C–N with tert-alkyl or cyclic N) is 1. The number of nitrogens with zero attached hydrogens (tertiary/aromatic N) is 1. The Hall–Kier alpha value is -2.50. The predicted molar refractivity (Wildman–Crippen MR) is 96.6 cm³/mol. The van der Waals surface area contributed by atoms with Crippen molar-refractivity contribution in [1.29, 1.82) is 0 Å². The topological polar surface area (TPSA) is 69.6 Å². The number of hydrogen-bond acceptors (Lipinski definition) is 4. The molecule has 0 spiro atoms. The number of benzene rings is 2. The number of amides is 1. The molecule has 2 aromatic rings. The molecule has 1 aliphatic heterocycles. The molecule has 25 heavy (non-hydrogen) atoms. The minimum Gasteiger partial charge on any atom is -0.392 e. The Balaban J connectivity index is 1.64. The van der Waals surface area contributed by atoms with E-state index < -0.39 is 0 Å². The summed E-state index contributed by atoms with van der Waals surface area (Å²) in [5.41, 5.74) is 1.61. The van der Waals surface area contributed by atoms with Gasteiger partial charge in [-0.15, -0.1) is 0 Å². The lowest BCUT2D eigenvalue weighted by atomic mass is 10.0. The Morgan fingerprint density at radius 1 is 1.08 bits per heavy atom. The summed E-state index contributed by atoms with van der Waals surface area (Å²) in [4.78, 5) is 27.0. The third-order valence-corrected chi connectivity index (χ3v) is 4.38. The van der Waals surface area contributed by atoms with Crippen LogP contribution in [0.3, 0.4) is 0 Å². The average molecular weight is 338 g/mol. The third-order valence-electron chi connectivity index (χ3n) is 4.38. The molecule has 5 nitrogen and oxygen atoms in total. The number of para-hydroxylation sites is 1. The monoisotopic (exact) mass is 338 g/mol. The molecule has 0 bridgehead atoms. The highest BCUT2D eigenvalue weighted by molar-refractivity contribution is 6.13. The second kappa shape index (κ2) is 8.05. The van der Waals surface area contributed by atoms with Crippen LogP contribution in [0, 0.1) is 0 Å². The largest absolute Gasteiger partial charge is 0.392 e. The highest BCUT2D eigenvalue weighted by Crippen LogP contribution is 2.19. The molecule has 1 saturated heterocycles. The van der Waals surface area contributed by atoms with Gasteiger partial charge in [0, 0.05) is 37.2 Å². The normalized spacial score (nSPS) is 17.4. The van der Waals surface area contributed by atoms with E-state index in [1.165, 1.54) is 0 Å². The summed E-state index contributed by atoms with van der Waals surface area (Å²) in [6.45, 7) is 2.05. The van der Waals surface area contributed by atoms with E-state index in [1.54, 1.807) is 36.4 Å². The molecule has 1 heterocycles. The number of carbonyl (C=O) groups excluding carboxylic acids is 2. The summed E-state index contributed by atoms with van der Waals surface area (Å²) in [5, 5.41) is 12.4. The maximum absolute atomic E-state index is 12.7. The van der Waals surface area contributed by atoms with Gasteiger partial charge in [-0.05, 0) is 18.6 Å². The standard InChI is InChI=1S/C20H22N2O3/c23-16-10-12-22(14-16)13-11-19(24)21-18-9-5-4-8-17(18)20(25)15-6-2-1-3-7-15/h1-9,16,23H,10-14H2,(H,21,24). The predicted octanol–water partition coefficient (Wildman–Crippen LogP) is 2.31. The Kier molecular flexibility index (Phi) is 5.58. The number of anilines is 1. The van der Waals surface area contributed by atoms with Gasteiger partial charge >= 0.3 is 0 Å². The van der Waals surface area contributed by atoms with Crippen LogP contribution in [0.5, 0.6) is 0 Å². The first kappa shape index (κ1) is 17.3. The molecule has 1 atom stereocenters. The number of carbonyl (C=O) groups is 2. The van der Waals surface area contributed by atoms with E-state index >= 15 is 0 Å². The molecule has 130 valence electrons. The highest BCUT2D eigenvalue weighted by Gasteiger charge is 2.21. The first-order valence-electron chi connectivity index (χ1n) is 8.52. The summed E-state index contributed by atoms with van der Waals surface area (Å²) in [7, 11) is 0. The van der Waals surface area contributed by atoms with Crippen molar-refractivity contribution in [3.05, 3.63) is 65.7 Å². The quantitative estimate of drug-likeness (QED) is 0.793. The van der Waals surface area contributed by atoms with E-state index in [2.05, 4.69) is 10.2 Å². The van der Waals surface area contributed by atoms with Crippen molar-refractivity contribution in [2.45, 2.75) is 18.9 Å². The van der Waals surface area contributed by atoms with Crippen molar-refractivity contribution in [1.82, 2.24) is 4.90 Å². The fraction of sp³-hybridized carbons (Fsp3) is 0.300. The van der Waals surface area contributed by atoms with Gasteiger partial charge in [0.15, 0.2) is 5.78 Å².